The molecule has 0 bridgehead atoms. The molecule has 22 heavy (non-hydrogen) atoms. The molecule has 132 valence electrons. The summed E-state index contributed by atoms with van der Waals surface area (Å²) in [5.74, 6) is 2.18. The predicted octanol–water partition coefficient (Wildman–Crippen LogP) is 6.54. The van der Waals surface area contributed by atoms with Gasteiger partial charge in [-0.3, -0.25) is 4.79 Å². The van der Waals surface area contributed by atoms with Crippen molar-refractivity contribution in [2.24, 2.45) is 23.7 Å². The standard InChI is InChI=1S/C20H40O2/c1-16(2)9-6-10-17(3)11-7-12-18(4)13-8-14-19(5)15-20(21)22/h16-19H,6-15H2,1-5H3,(H,21,22)/t17-,18+,19-/m1/s1. The Morgan fingerprint density at radius 3 is 1.41 bits per heavy atom. The van der Waals surface area contributed by atoms with E-state index < -0.39 is 5.97 Å². The van der Waals surface area contributed by atoms with E-state index in [1.54, 1.807) is 0 Å². The first-order chi connectivity index (χ1) is 10.3. The summed E-state index contributed by atoms with van der Waals surface area (Å²) in [5.41, 5.74) is 0. The van der Waals surface area contributed by atoms with Crippen molar-refractivity contribution in [2.75, 3.05) is 0 Å². The Kier molecular flexibility index (Phi) is 12.6. The predicted molar refractivity (Wildman–Crippen MR) is 96.1 cm³/mol. The summed E-state index contributed by atoms with van der Waals surface area (Å²) < 4.78 is 0. The maximum atomic E-state index is 10.6. The lowest BCUT2D eigenvalue weighted by Crippen LogP contribution is -2.05. The van der Waals surface area contributed by atoms with E-state index in [-0.39, 0.29) is 0 Å². The Morgan fingerprint density at radius 1 is 0.682 bits per heavy atom. The molecule has 0 aromatic carbocycles. The van der Waals surface area contributed by atoms with Crippen molar-refractivity contribution in [3.63, 3.8) is 0 Å². The average Bonchev–Trinajstić information content (AvgIpc) is 2.37. The molecule has 1 N–H and O–H groups in total. The highest BCUT2D eigenvalue weighted by molar-refractivity contribution is 5.66. The topological polar surface area (TPSA) is 37.3 Å². The fourth-order valence-corrected chi connectivity index (χ4v) is 3.19. The summed E-state index contributed by atoms with van der Waals surface area (Å²) in [4.78, 5) is 10.6. The fraction of sp³-hybridized carbons (Fsp3) is 0.950. The Labute approximate surface area is 139 Å². The zero-order chi connectivity index (χ0) is 17.0. The third-order valence-corrected chi connectivity index (χ3v) is 4.79. The average molecular weight is 313 g/mol. The Bertz CT molecular complexity index is 273. The summed E-state index contributed by atoms with van der Waals surface area (Å²) in [5, 5.41) is 8.75. The van der Waals surface area contributed by atoms with E-state index in [0.717, 1.165) is 24.2 Å². The molecule has 0 saturated carbocycles. The lowest BCUT2D eigenvalue weighted by molar-refractivity contribution is -0.138. The van der Waals surface area contributed by atoms with Crippen LogP contribution in [0.4, 0.5) is 0 Å². The summed E-state index contributed by atoms with van der Waals surface area (Å²) in [6.45, 7) is 11.4. The van der Waals surface area contributed by atoms with Gasteiger partial charge < -0.3 is 5.11 Å². The van der Waals surface area contributed by atoms with Crippen LogP contribution in [0.1, 0.15) is 98.8 Å². The molecule has 0 aliphatic carbocycles. The molecule has 0 radical (unpaired) electrons. The van der Waals surface area contributed by atoms with Crippen molar-refractivity contribution in [3.05, 3.63) is 0 Å². The van der Waals surface area contributed by atoms with Crippen LogP contribution in [0.5, 0.6) is 0 Å². The summed E-state index contributed by atoms with van der Waals surface area (Å²) >= 11 is 0. The zero-order valence-corrected chi connectivity index (χ0v) is 15.7. The van der Waals surface area contributed by atoms with E-state index in [1.165, 1.54) is 51.4 Å². The molecule has 2 heteroatoms. The van der Waals surface area contributed by atoms with Gasteiger partial charge in [0.2, 0.25) is 0 Å². The van der Waals surface area contributed by atoms with Crippen molar-refractivity contribution >= 4 is 5.97 Å². The van der Waals surface area contributed by atoms with Crippen LogP contribution in [-0.4, -0.2) is 11.1 Å². The first-order valence-electron chi connectivity index (χ1n) is 9.53. The molecule has 2 nitrogen and oxygen atoms in total. The molecule has 0 fully saturated rings. The minimum absolute atomic E-state index is 0.322. The highest BCUT2D eigenvalue weighted by Crippen LogP contribution is 2.22. The largest absolute Gasteiger partial charge is 0.481 e. The van der Waals surface area contributed by atoms with Crippen molar-refractivity contribution in [3.8, 4) is 0 Å². The van der Waals surface area contributed by atoms with Crippen LogP contribution in [0.2, 0.25) is 0 Å². The first kappa shape index (κ1) is 21.5. The number of carboxylic acid groups (broad SMARTS) is 1. The second-order valence-corrected chi connectivity index (χ2v) is 8.10. The van der Waals surface area contributed by atoms with Crippen LogP contribution in [0.15, 0.2) is 0 Å². The summed E-state index contributed by atoms with van der Waals surface area (Å²) in [7, 11) is 0. The summed E-state index contributed by atoms with van der Waals surface area (Å²) in [6.07, 6.45) is 12.0. The second-order valence-electron chi connectivity index (χ2n) is 8.10. The van der Waals surface area contributed by atoms with Crippen LogP contribution in [0, 0.1) is 23.7 Å². The minimum Gasteiger partial charge on any atom is -0.481 e. The second kappa shape index (κ2) is 13.0. The van der Waals surface area contributed by atoms with Gasteiger partial charge in [0.15, 0.2) is 0 Å². The van der Waals surface area contributed by atoms with Crippen LogP contribution < -0.4 is 0 Å². The number of hydrogen-bond acceptors (Lipinski definition) is 1. The molecule has 0 saturated heterocycles. The molecule has 0 rings (SSSR count). The van der Waals surface area contributed by atoms with Gasteiger partial charge in [0.25, 0.3) is 0 Å². The fourth-order valence-electron chi connectivity index (χ4n) is 3.19. The molecule has 0 aliphatic rings. The number of carbonyl (C=O) groups is 1. The van der Waals surface area contributed by atoms with Crippen LogP contribution in [0.3, 0.4) is 0 Å². The number of carboxylic acids is 1. The van der Waals surface area contributed by atoms with Crippen molar-refractivity contribution in [2.45, 2.75) is 98.8 Å². The van der Waals surface area contributed by atoms with Gasteiger partial charge >= 0.3 is 5.97 Å². The van der Waals surface area contributed by atoms with Gasteiger partial charge in [0.1, 0.15) is 0 Å². The number of aliphatic carboxylic acids is 1. The van der Waals surface area contributed by atoms with E-state index in [9.17, 15) is 4.79 Å². The molecule has 0 amide bonds. The molecule has 0 aromatic rings. The van der Waals surface area contributed by atoms with E-state index in [4.69, 9.17) is 5.11 Å². The highest BCUT2D eigenvalue weighted by atomic mass is 16.4. The Morgan fingerprint density at radius 2 is 1.05 bits per heavy atom. The smallest absolute Gasteiger partial charge is 0.303 e. The molecular formula is C20H40O2. The lowest BCUT2D eigenvalue weighted by Gasteiger charge is -2.15. The third kappa shape index (κ3) is 14.4. The van der Waals surface area contributed by atoms with E-state index in [0.29, 0.717) is 12.3 Å². The van der Waals surface area contributed by atoms with Crippen molar-refractivity contribution in [1.29, 1.82) is 0 Å². The zero-order valence-electron chi connectivity index (χ0n) is 15.7. The monoisotopic (exact) mass is 312 g/mol. The molecule has 0 heterocycles. The molecule has 0 aliphatic heterocycles. The summed E-state index contributed by atoms with van der Waals surface area (Å²) in [6, 6.07) is 0. The first-order valence-corrected chi connectivity index (χ1v) is 9.53. The quantitative estimate of drug-likeness (QED) is 0.395. The van der Waals surface area contributed by atoms with Gasteiger partial charge in [-0.25, -0.2) is 0 Å². The Hall–Kier alpha value is -0.530. The lowest BCUT2D eigenvalue weighted by atomic mass is 9.91. The maximum Gasteiger partial charge on any atom is 0.303 e. The molecule has 3 atom stereocenters. The van der Waals surface area contributed by atoms with Crippen LogP contribution in [0.25, 0.3) is 0 Å². The van der Waals surface area contributed by atoms with Gasteiger partial charge in [-0.1, -0.05) is 92.4 Å². The Balaban J connectivity index is 3.52. The molecule has 0 unspecified atom stereocenters. The van der Waals surface area contributed by atoms with Gasteiger partial charge in [0.05, 0.1) is 0 Å². The van der Waals surface area contributed by atoms with Crippen molar-refractivity contribution in [1.82, 2.24) is 0 Å². The number of rotatable bonds is 14. The molecule has 0 spiro atoms. The van der Waals surface area contributed by atoms with Gasteiger partial charge in [-0.15, -0.1) is 0 Å². The van der Waals surface area contributed by atoms with Gasteiger partial charge in [0, 0.05) is 6.42 Å². The normalized spacial score (nSPS) is 15.7. The van der Waals surface area contributed by atoms with Crippen LogP contribution >= 0.6 is 0 Å². The van der Waals surface area contributed by atoms with Crippen LogP contribution in [-0.2, 0) is 4.79 Å². The van der Waals surface area contributed by atoms with Gasteiger partial charge in [-0.2, -0.15) is 0 Å². The van der Waals surface area contributed by atoms with E-state index in [2.05, 4.69) is 34.6 Å². The number of hydrogen-bond donors (Lipinski definition) is 1. The minimum atomic E-state index is -0.660. The third-order valence-electron chi connectivity index (χ3n) is 4.79. The SMILES string of the molecule is CC(C)CCC[C@@H](C)CCC[C@H](C)CCC[C@@H](C)CC(=O)O. The maximum absolute atomic E-state index is 10.6. The van der Waals surface area contributed by atoms with E-state index >= 15 is 0 Å². The molecule has 0 aromatic heterocycles. The van der Waals surface area contributed by atoms with Crippen molar-refractivity contribution < 1.29 is 9.90 Å². The van der Waals surface area contributed by atoms with E-state index in [1.807, 2.05) is 0 Å². The van der Waals surface area contributed by atoms with Gasteiger partial charge in [-0.05, 0) is 23.7 Å². The molecular weight excluding hydrogens is 272 g/mol. The highest BCUT2D eigenvalue weighted by Gasteiger charge is 2.09.